The van der Waals surface area contributed by atoms with Crippen molar-refractivity contribution in [3.8, 4) is 0 Å². The summed E-state index contributed by atoms with van der Waals surface area (Å²) in [6.45, 7) is 2.49. The number of imide groups is 1. The zero-order chi connectivity index (χ0) is 15.0. The zero-order valence-electron chi connectivity index (χ0n) is 11.3. The number of fused-ring (bicyclic) bond motifs is 2. The van der Waals surface area contributed by atoms with Gasteiger partial charge in [0, 0.05) is 22.2 Å². The summed E-state index contributed by atoms with van der Waals surface area (Å²) >= 11 is 7.44. The maximum Gasteiger partial charge on any atom is 0.326 e. The molecule has 0 aromatic heterocycles. The van der Waals surface area contributed by atoms with E-state index in [4.69, 9.17) is 16.3 Å². The van der Waals surface area contributed by atoms with Crippen LogP contribution in [-0.2, 0) is 9.53 Å². The van der Waals surface area contributed by atoms with Crippen molar-refractivity contribution in [3.63, 3.8) is 0 Å². The molecular weight excluding hydrogens is 314 g/mol. The van der Waals surface area contributed by atoms with Gasteiger partial charge in [-0.3, -0.25) is 15.0 Å². The first-order valence-corrected chi connectivity index (χ1v) is 7.78. The van der Waals surface area contributed by atoms with Gasteiger partial charge in [-0.25, -0.2) is 4.79 Å². The molecule has 2 heterocycles. The monoisotopic (exact) mass is 327 g/mol. The summed E-state index contributed by atoms with van der Waals surface area (Å²) in [5.74, 6) is -0.328. The Hall–Kier alpha value is -1.44. The van der Waals surface area contributed by atoms with Gasteiger partial charge in [0.05, 0.1) is 0 Å². The molecule has 21 heavy (non-hydrogen) atoms. The summed E-state index contributed by atoms with van der Waals surface area (Å²) in [5, 5.41) is 5.77. The normalized spacial score (nSPS) is 24.0. The number of rotatable bonds is 3. The van der Waals surface area contributed by atoms with Crippen LogP contribution in [0.1, 0.15) is 6.92 Å². The second-order valence-corrected chi connectivity index (χ2v) is 6.25. The second-order valence-electron chi connectivity index (χ2n) is 4.66. The maximum absolute atomic E-state index is 12.0. The van der Waals surface area contributed by atoms with Crippen molar-refractivity contribution in [2.24, 2.45) is 0 Å². The number of amides is 3. The second kappa shape index (κ2) is 5.75. The van der Waals surface area contributed by atoms with Gasteiger partial charge in [-0.2, -0.15) is 0 Å². The van der Waals surface area contributed by atoms with E-state index in [1.807, 2.05) is 19.1 Å². The van der Waals surface area contributed by atoms with Crippen molar-refractivity contribution < 1.29 is 14.3 Å². The molecule has 2 atom stereocenters. The lowest BCUT2D eigenvalue weighted by Crippen LogP contribution is -2.65. The predicted octanol–water partition coefficient (Wildman–Crippen LogP) is 2.10. The van der Waals surface area contributed by atoms with Gasteiger partial charge in [0.25, 0.3) is 5.91 Å². The van der Waals surface area contributed by atoms with Crippen molar-refractivity contribution in [1.29, 1.82) is 0 Å². The summed E-state index contributed by atoms with van der Waals surface area (Å²) < 4.78 is 5.33. The number of hydrogen-bond acceptors (Lipinski definition) is 5. The lowest BCUT2D eigenvalue weighted by atomic mass is 10.2. The Balaban J connectivity index is 1.91. The molecule has 2 aliphatic heterocycles. The van der Waals surface area contributed by atoms with Gasteiger partial charge < -0.3 is 10.1 Å². The molecule has 1 saturated heterocycles. The van der Waals surface area contributed by atoms with Crippen molar-refractivity contribution in [2.75, 3.05) is 18.7 Å². The molecular formula is C13H14ClN3O3S. The van der Waals surface area contributed by atoms with E-state index in [0.717, 1.165) is 10.6 Å². The fourth-order valence-corrected chi connectivity index (χ4v) is 3.84. The summed E-state index contributed by atoms with van der Waals surface area (Å²) in [6, 6.07) is 4.47. The molecule has 2 unspecified atom stereocenters. The first-order chi connectivity index (χ1) is 10.1. The fraction of sp³-hybridized carbons (Fsp3) is 0.385. The van der Waals surface area contributed by atoms with Crippen LogP contribution in [0, 0.1) is 0 Å². The first kappa shape index (κ1) is 14.5. The molecule has 3 amide bonds. The Bertz CT molecular complexity index is 598. The molecule has 1 fully saturated rings. The number of nitrogens with one attached hydrogen (secondary N) is 2. The zero-order valence-corrected chi connectivity index (χ0v) is 12.8. The van der Waals surface area contributed by atoms with Gasteiger partial charge in [0.2, 0.25) is 0 Å². The molecule has 0 spiro atoms. The van der Waals surface area contributed by atoms with Crippen LogP contribution in [0.5, 0.6) is 0 Å². The van der Waals surface area contributed by atoms with E-state index >= 15 is 0 Å². The lowest BCUT2D eigenvalue weighted by Gasteiger charge is -2.42. The maximum atomic E-state index is 12.0. The molecule has 6 nitrogen and oxygen atoms in total. The van der Waals surface area contributed by atoms with Crippen LogP contribution in [0.25, 0.3) is 0 Å². The van der Waals surface area contributed by atoms with Crippen LogP contribution < -0.4 is 10.6 Å². The molecule has 2 N–H and O–H groups in total. The topological polar surface area (TPSA) is 70.7 Å². The Morgan fingerprint density at radius 2 is 2.24 bits per heavy atom. The summed E-state index contributed by atoms with van der Waals surface area (Å²) in [7, 11) is 0. The van der Waals surface area contributed by atoms with E-state index < -0.39 is 12.1 Å². The van der Waals surface area contributed by atoms with Crippen molar-refractivity contribution in [2.45, 2.75) is 23.2 Å². The average molecular weight is 328 g/mol. The van der Waals surface area contributed by atoms with Crippen LogP contribution in [-0.4, -0.2) is 41.6 Å². The standard InChI is InChI=1S/C13H14ClN3O3S/c1-2-20-6-17-12-10(11(18)16-13(17)19)15-8-4-3-7(14)5-9(8)21-12/h3-5,10,12,15H,2,6H2,1H3,(H,16,18,19). The molecule has 112 valence electrons. The quantitative estimate of drug-likeness (QED) is 0.889. The smallest absolute Gasteiger partial charge is 0.326 e. The third-order valence-electron chi connectivity index (χ3n) is 3.30. The molecule has 1 aromatic carbocycles. The van der Waals surface area contributed by atoms with Gasteiger partial charge in [0.1, 0.15) is 18.1 Å². The number of urea groups is 1. The number of benzene rings is 1. The Morgan fingerprint density at radius 1 is 1.43 bits per heavy atom. The van der Waals surface area contributed by atoms with E-state index in [1.165, 1.54) is 16.7 Å². The highest BCUT2D eigenvalue weighted by atomic mass is 35.5. The minimum Gasteiger partial charge on any atom is -0.370 e. The van der Waals surface area contributed by atoms with Crippen LogP contribution in [0.4, 0.5) is 10.5 Å². The highest BCUT2D eigenvalue weighted by Crippen LogP contribution is 2.41. The van der Waals surface area contributed by atoms with Gasteiger partial charge >= 0.3 is 6.03 Å². The molecule has 2 aliphatic rings. The van der Waals surface area contributed by atoms with E-state index in [0.29, 0.717) is 11.6 Å². The molecule has 0 bridgehead atoms. The molecule has 0 radical (unpaired) electrons. The van der Waals surface area contributed by atoms with E-state index in [9.17, 15) is 9.59 Å². The van der Waals surface area contributed by atoms with Crippen molar-refractivity contribution >= 4 is 41.0 Å². The van der Waals surface area contributed by atoms with Crippen LogP contribution in [0.3, 0.4) is 0 Å². The van der Waals surface area contributed by atoms with Crippen molar-refractivity contribution in [3.05, 3.63) is 23.2 Å². The average Bonchev–Trinajstić information content (AvgIpc) is 2.45. The minimum atomic E-state index is -0.512. The predicted molar refractivity (Wildman–Crippen MR) is 80.4 cm³/mol. The third kappa shape index (κ3) is 2.68. The molecule has 8 heteroatoms. The van der Waals surface area contributed by atoms with Crippen LogP contribution in [0.15, 0.2) is 23.1 Å². The van der Waals surface area contributed by atoms with Crippen LogP contribution in [0.2, 0.25) is 5.02 Å². The number of thioether (sulfide) groups is 1. The lowest BCUT2D eigenvalue weighted by molar-refractivity contribution is -0.123. The highest BCUT2D eigenvalue weighted by Gasteiger charge is 2.44. The van der Waals surface area contributed by atoms with Gasteiger partial charge in [0.15, 0.2) is 0 Å². The molecule has 0 saturated carbocycles. The number of anilines is 1. The summed E-state index contributed by atoms with van der Waals surface area (Å²) in [4.78, 5) is 26.4. The Kier molecular flexibility index (Phi) is 3.97. The molecule has 3 rings (SSSR count). The number of nitrogens with zero attached hydrogens (tertiary/aromatic N) is 1. The van der Waals surface area contributed by atoms with Crippen LogP contribution >= 0.6 is 23.4 Å². The molecule has 1 aromatic rings. The van der Waals surface area contributed by atoms with E-state index in [2.05, 4.69) is 10.6 Å². The number of hydrogen-bond donors (Lipinski definition) is 2. The van der Waals surface area contributed by atoms with E-state index in [-0.39, 0.29) is 18.0 Å². The van der Waals surface area contributed by atoms with Crippen molar-refractivity contribution in [1.82, 2.24) is 10.2 Å². The summed E-state index contributed by atoms with van der Waals surface area (Å²) in [5.41, 5.74) is 0.839. The Labute approximate surface area is 131 Å². The van der Waals surface area contributed by atoms with E-state index in [1.54, 1.807) is 6.07 Å². The molecule has 0 aliphatic carbocycles. The van der Waals surface area contributed by atoms with Gasteiger partial charge in [-0.1, -0.05) is 23.4 Å². The number of carbonyl (C=O) groups is 2. The fourth-order valence-electron chi connectivity index (χ4n) is 2.28. The SMILES string of the molecule is CCOCN1C(=O)NC(=O)C2Nc3ccc(Cl)cc3SC21. The number of ether oxygens (including phenoxy) is 1. The van der Waals surface area contributed by atoms with Gasteiger partial charge in [-0.05, 0) is 25.1 Å². The summed E-state index contributed by atoms with van der Waals surface area (Å²) in [6.07, 6.45) is 0. The largest absolute Gasteiger partial charge is 0.370 e. The third-order valence-corrected chi connectivity index (χ3v) is 4.90. The number of halogens is 1. The highest BCUT2D eigenvalue weighted by molar-refractivity contribution is 8.00. The van der Waals surface area contributed by atoms with Gasteiger partial charge in [-0.15, -0.1) is 0 Å². The number of carbonyl (C=O) groups excluding carboxylic acids is 2. The minimum absolute atomic E-state index is 0.140. The Morgan fingerprint density at radius 3 is 3.00 bits per heavy atom. The first-order valence-electron chi connectivity index (χ1n) is 6.52.